The average molecular weight is 429 g/mol. The summed E-state index contributed by atoms with van der Waals surface area (Å²) in [6.45, 7) is 12.6. The zero-order valence-corrected chi connectivity index (χ0v) is 21.4. The van der Waals surface area contributed by atoms with Crippen LogP contribution >= 0.6 is 0 Å². The summed E-state index contributed by atoms with van der Waals surface area (Å²) >= 11 is 0. The van der Waals surface area contributed by atoms with Gasteiger partial charge in [-0.15, -0.1) is 0 Å². The molecule has 0 aromatic heterocycles. The third-order valence-electron chi connectivity index (χ3n) is 6.10. The van der Waals surface area contributed by atoms with Crippen molar-refractivity contribution in [3.8, 4) is 0 Å². The van der Waals surface area contributed by atoms with E-state index in [2.05, 4.69) is 13.8 Å². The van der Waals surface area contributed by atoms with Gasteiger partial charge in [0.15, 0.2) is 0 Å². The van der Waals surface area contributed by atoms with E-state index >= 15 is 0 Å². The third kappa shape index (κ3) is 14.8. The maximum absolute atomic E-state index is 6.15. The van der Waals surface area contributed by atoms with Crippen molar-refractivity contribution >= 4 is 0 Å². The standard InChI is InChI=1S/C27H56O3/c1-6-11-13-15-16-17-18-19-21-23-25-26(24-22-20-14-12-7-2)27(28-8-3,29-9-4)30-10-5/h26H,6-25H2,1-5H3. The van der Waals surface area contributed by atoms with Crippen LogP contribution in [0.2, 0.25) is 0 Å². The first kappa shape index (κ1) is 29.9. The van der Waals surface area contributed by atoms with Gasteiger partial charge in [0.1, 0.15) is 0 Å². The lowest BCUT2D eigenvalue weighted by atomic mass is 9.91. The Hall–Kier alpha value is -0.120. The molecule has 1 unspecified atom stereocenters. The summed E-state index contributed by atoms with van der Waals surface area (Å²) in [5.74, 6) is -0.518. The second kappa shape index (κ2) is 22.1. The van der Waals surface area contributed by atoms with E-state index in [1.54, 1.807) is 0 Å². The van der Waals surface area contributed by atoms with E-state index in [1.165, 1.54) is 96.3 Å². The Bertz CT molecular complexity index is 315. The zero-order valence-electron chi connectivity index (χ0n) is 21.4. The van der Waals surface area contributed by atoms with Crippen molar-refractivity contribution in [2.45, 2.75) is 150 Å². The first-order valence-electron chi connectivity index (χ1n) is 13.6. The summed E-state index contributed by atoms with van der Waals surface area (Å²) in [6, 6.07) is 0. The highest BCUT2D eigenvalue weighted by molar-refractivity contribution is 4.73. The molecule has 0 aliphatic heterocycles. The molecule has 0 radical (unpaired) electrons. The predicted octanol–water partition coefficient (Wildman–Crippen LogP) is 9.04. The van der Waals surface area contributed by atoms with E-state index in [4.69, 9.17) is 14.2 Å². The molecular weight excluding hydrogens is 372 g/mol. The molecule has 0 aliphatic carbocycles. The van der Waals surface area contributed by atoms with Crippen molar-refractivity contribution in [1.29, 1.82) is 0 Å². The summed E-state index contributed by atoms with van der Waals surface area (Å²) in [5.41, 5.74) is 0. The van der Waals surface area contributed by atoms with Crippen LogP contribution in [0.15, 0.2) is 0 Å². The van der Waals surface area contributed by atoms with Crippen molar-refractivity contribution in [1.82, 2.24) is 0 Å². The van der Waals surface area contributed by atoms with Gasteiger partial charge in [0.2, 0.25) is 0 Å². The highest BCUT2D eigenvalue weighted by Gasteiger charge is 2.41. The zero-order chi connectivity index (χ0) is 22.3. The largest absolute Gasteiger partial charge is 0.328 e. The summed E-state index contributed by atoms with van der Waals surface area (Å²) in [5, 5.41) is 0. The Labute approximate surface area is 190 Å². The van der Waals surface area contributed by atoms with Crippen LogP contribution in [-0.4, -0.2) is 25.8 Å². The first-order valence-corrected chi connectivity index (χ1v) is 13.6. The van der Waals surface area contributed by atoms with Crippen molar-refractivity contribution in [2.24, 2.45) is 5.92 Å². The molecule has 1 atom stereocenters. The van der Waals surface area contributed by atoms with E-state index in [0.29, 0.717) is 25.7 Å². The molecule has 30 heavy (non-hydrogen) atoms. The average Bonchev–Trinajstić information content (AvgIpc) is 2.74. The van der Waals surface area contributed by atoms with Gasteiger partial charge in [0.05, 0.1) is 0 Å². The van der Waals surface area contributed by atoms with E-state index < -0.39 is 5.97 Å². The number of unbranched alkanes of at least 4 members (excludes halogenated alkanes) is 13. The molecular formula is C27H56O3. The Morgan fingerprint density at radius 3 is 1.03 bits per heavy atom. The molecule has 0 bridgehead atoms. The minimum atomic E-state index is -0.845. The molecule has 0 fully saturated rings. The summed E-state index contributed by atoms with van der Waals surface area (Å²) in [6.07, 6.45) is 22.6. The monoisotopic (exact) mass is 428 g/mol. The van der Waals surface area contributed by atoms with Crippen LogP contribution in [0.25, 0.3) is 0 Å². The Morgan fingerprint density at radius 1 is 0.433 bits per heavy atom. The smallest absolute Gasteiger partial charge is 0.285 e. The van der Waals surface area contributed by atoms with E-state index in [-0.39, 0.29) is 0 Å². The van der Waals surface area contributed by atoms with Crippen LogP contribution in [0.3, 0.4) is 0 Å². The maximum Gasteiger partial charge on any atom is 0.285 e. The fourth-order valence-electron chi connectivity index (χ4n) is 4.45. The van der Waals surface area contributed by atoms with E-state index in [0.717, 1.165) is 12.8 Å². The predicted molar refractivity (Wildman–Crippen MR) is 131 cm³/mol. The number of hydrogen-bond donors (Lipinski definition) is 0. The molecule has 0 saturated heterocycles. The molecule has 3 nitrogen and oxygen atoms in total. The van der Waals surface area contributed by atoms with Gasteiger partial charge in [0.25, 0.3) is 5.97 Å². The van der Waals surface area contributed by atoms with Gasteiger partial charge >= 0.3 is 0 Å². The van der Waals surface area contributed by atoms with Gasteiger partial charge in [-0.25, -0.2) is 0 Å². The lowest BCUT2D eigenvalue weighted by Crippen LogP contribution is -2.46. The van der Waals surface area contributed by atoms with Crippen LogP contribution < -0.4 is 0 Å². The molecule has 0 aliphatic rings. The second-order valence-electron chi connectivity index (χ2n) is 8.77. The fourth-order valence-corrected chi connectivity index (χ4v) is 4.45. The van der Waals surface area contributed by atoms with Crippen LogP contribution in [-0.2, 0) is 14.2 Å². The van der Waals surface area contributed by atoms with Gasteiger partial charge in [-0.3, -0.25) is 0 Å². The molecule has 0 aromatic rings. The normalized spacial score (nSPS) is 13.1. The van der Waals surface area contributed by atoms with Crippen molar-refractivity contribution < 1.29 is 14.2 Å². The van der Waals surface area contributed by atoms with Crippen LogP contribution in [0.5, 0.6) is 0 Å². The van der Waals surface area contributed by atoms with Crippen molar-refractivity contribution in [3.63, 3.8) is 0 Å². The van der Waals surface area contributed by atoms with Crippen molar-refractivity contribution in [3.05, 3.63) is 0 Å². The first-order chi connectivity index (χ1) is 14.7. The molecule has 0 heterocycles. The lowest BCUT2D eigenvalue weighted by Gasteiger charge is -2.39. The van der Waals surface area contributed by atoms with Gasteiger partial charge in [-0.05, 0) is 33.6 Å². The molecule has 3 heteroatoms. The SMILES string of the molecule is CCCCCCCCCCCCC(CCCCCCC)C(OCC)(OCC)OCC. The minimum Gasteiger partial charge on any atom is -0.328 e. The van der Waals surface area contributed by atoms with Gasteiger partial charge < -0.3 is 14.2 Å². The Kier molecular flexibility index (Phi) is 22.0. The second-order valence-corrected chi connectivity index (χ2v) is 8.77. The van der Waals surface area contributed by atoms with Gasteiger partial charge in [-0.2, -0.15) is 0 Å². The van der Waals surface area contributed by atoms with E-state index in [9.17, 15) is 0 Å². The highest BCUT2D eigenvalue weighted by Crippen LogP contribution is 2.34. The lowest BCUT2D eigenvalue weighted by molar-refractivity contribution is -0.403. The van der Waals surface area contributed by atoms with Crippen LogP contribution in [0.4, 0.5) is 0 Å². The molecule has 0 aromatic carbocycles. The minimum absolute atomic E-state index is 0.327. The summed E-state index contributed by atoms with van der Waals surface area (Å²) in [7, 11) is 0. The molecule has 0 saturated carbocycles. The number of hydrogen-bond acceptors (Lipinski definition) is 3. The third-order valence-corrected chi connectivity index (χ3v) is 6.10. The summed E-state index contributed by atoms with van der Waals surface area (Å²) in [4.78, 5) is 0. The molecule has 0 N–H and O–H groups in total. The Balaban J connectivity index is 4.49. The van der Waals surface area contributed by atoms with Gasteiger partial charge in [-0.1, -0.05) is 110 Å². The molecule has 0 amide bonds. The highest BCUT2D eigenvalue weighted by atomic mass is 16.9. The Morgan fingerprint density at radius 2 is 0.733 bits per heavy atom. The van der Waals surface area contributed by atoms with Crippen molar-refractivity contribution in [2.75, 3.05) is 19.8 Å². The van der Waals surface area contributed by atoms with Crippen LogP contribution in [0, 0.1) is 5.92 Å². The van der Waals surface area contributed by atoms with Crippen LogP contribution in [0.1, 0.15) is 144 Å². The molecule has 0 spiro atoms. The summed E-state index contributed by atoms with van der Waals surface area (Å²) < 4.78 is 18.4. The topological polar surface area (TPSA) is 27.7 Å². The van der Waals surface area contributed by atoms with Gasteiger partial charge in [0, 0.05) is 25.7 Å². The molecule has 0 rings (SSSR count). The number of ether oxygens (including phenoxy) is 3. The fraction of sp³-hybridized carbons (Fsp3) is 1.00. The van der Waals surface area contributed by atoms with E-state index in [1.807, 2.05) is 20.8 Å². The quantitative estimate of drug-likeness (QED) is 0.113. The maximum atomic E-state index is 6.15. The molecule has 182 valence electrons. The number of rotatable bonds is 24.